The van der Waals surface area contributed by atoms with Crippen molar-refractivity contribution >= 4 is 11.6 Å². The van der Waals surface area contributed by atoms with E-state index in [1.807, 2.05) is 0 Å². The molecule has 0 radical (unpaired) electrons. The van der Waals surface area contributed by atoms with Gasteiger partial charge in [0.15, 0.2) is 0 Å². The first-order valence-corrected chi connectivity index (χ1v) is 6.12. The van der Waals surface area contributed by atoms with Gasteiger partial charge in [0.2, 0.25) is 0 Å². The smallest absolute Gasteiger partial charge is 0.127 e. The Morgan fingerprint density at radius 3 is 2.76 bits per heavy atom. The highest BCUT2D eigenvalue weighted by Crippen LogP contribution is 2.21. The molecule has 0 saturated carbocycles. The number of rotatable bonds is 2. The fourth-order valence-corrected chi connectivity index (χ4v) is 2.32. The topological polar surface area (TPSA) is 27.0 Å². The lowest BCUT2D eigenvalue weighted by Gasteiger charge is -2.29. The highest BCUT2D eigenvalue weighted by molar-refractivity contribution is 6.30. The summed E-state index contributed by atoms with van der Waals surface area (Å²) in [5.74, 6) is -0.0488. The number of piperidine rings is 1. The fourth-order valence-electron chi connectivity index (χ4n) is 2.13. The summed E-state index contributed by atoms with van der Waals surface area (Å²) in [5, 5.41) is 9.36. The molecule has 0 amide bonds. The van der Waals surface area contributed by atoms with Crippen LogP contribution in [0.5, 0.6) is 0 Å². The van der Waals surface area contributed by atoms with Gasteiger partial charge in [-0.3, -0.25) is 4.90 Å². The summed E-state index contributed by atoms with van der Waals surface area (Å²) in [5.41, 5.74) is 0.632. The second-order valence-electron chi connectivity index (χ2n) is 4.42. The van der Waals surface area contributed by atoms with Crippen LogP contribution in [0.2, 0.25) is 5.02 Å². The number of hydrogen-bond acceptors (Lipinski definition) is 2. The van der Waals surface area contributed by atoms with Gasteiger partial charge in [-0.15, -0.1) is 0 Å². The summed E-state index contributed by atoms with van der Waals surface area (Å²) in [4.78, 5) is 2.17. The van der Waals surface area contributed by atoms with E-state index >= 15 is 0 Å². The molecule has 1 aliphatic rings. The zero-order chi connectivity index (χ0) is 12.3. The highest BCUT2D eigenvalue weighted by Gasteiger charge is 2.19. The summed E-state index contributed by atoms with van der Waals surface area (Å²) < 4.78 is 13.5. The molecule has 0 atom stereocenters. The van der Waals surface area contributed by atoms with E-state index in [9.17, 15) is 4.39 Å². The lowest BCUT2D eigenvalue weighted by molar-refractivity contribution is 0.196. The van der Waals surface area contributed by atoms with Crippen molar-refractivity contribution in [1.29, 1.82) is 5.26 Å². The van der Waals surface area contributed by atoms with Crippen molar-refractivity contribution in [2.45, 2.75) is 19.4 Å². The molecule has 1 fully saturated rings. The molecule has 0 spiro atoms. The quantitative estimate of drug-likeness (QED) is 0.808. The number of likely N-dealkylation sites (tertiary alicyclic amines) is 1. The number of nitriles is 1. The van der Waals surface area contributed by atoms with Crippen molar-refractivity contribution in [3.05, 3.63) is 34.6 Å². The minimum absolute atomic E-state index is 0.162. The van der Waals surface area contributed by atoms with Gasteiger partial charge < -0.3 is 0 Å². The Labute approximate surface area is 106 Å². The zero-order valence-corrected chi connectivity index (χ0v) is 10.3. The van der Waals surface area contributed by atoms with Crippen LogP contribution < -0.4 is 0 Å². The summed E-state index contributed by atoms with van der Waals surface area (Å²) in [6.45, 7) is 2.28. The van der Waals surface area contributed by atoms with Gasteiger partial charge in [0, 0.05) is 23.0 Å². The van der Waals surface area contributed by atoms with E-state index in [0.717, 1.165) is 25.9 Å². The molecule has 0 bridgehead atoms. The summed E-state index contributed by atoms with van der Waals surface area (Å²) >= 11 is 5.85. The molecule has 1 saturated heterocycles. The Bertz CT molecular complexity index is 434. The molecule has 17 heavy (non-hydrogen) atoms. The van der Waals surface area contributed by atoms with Crippen LogP contribution in [-0.4, -0.2) is 18.0 Å². The summed E-state index contributed by atoms with van der Waals surface area (Å²) in [7, 11) is 0. The van der Waals surface area contributed by atoms with Crippen LogP contribution >= 0.6 is 11.6 Å². The van der Waals surface area contributed by atoms with E-state index in [4.69, 9.17) is 16.9 Å². The van der Waals surface area contributed by atoms with Crippen LogP contribution in [-0.2, 0) is 6.54 Å². The molecule has 1 aliphatic heterocycles. The van der Waals surface area contributed by atoms with Gasteiger partial charge in [0.1, 0.15) is 5.82 Å². The maximum absolute atomic E-state index is 13.5. The summed E-state index contributed by atoms with van der Waals surface area (Å²) in [6.07, 6.45) is 1.75. The predicted molar refractivity (Wildman–Crippen MR) is 65.0 cm³/mol. The number of nitrogens with zero attached hydrogens (tertiary/aromatic N) is 2. The van der Waals surface area contributed by atoms with Crippen molar-refractivity contribution in [3.8, 4) is 6.07 Å². The van der Waals surface area contributed by atoms with E-state index in [-0.39, 0.29) is 11.7 Å². The van der Waals surface area contributed by atoms with Crippen LogP contribution in [0.25, 0.3) is 0 Å². The molecule has 1 heterocycles. The van der Waals surface area contributed by atoms with Gasteiger partial charge in [-0.2, -0.15) is 5.26 Å². The van der Waals surface area contributed by atoms with Gasteiger partial charge in [-0.05, 0) is 44.1 Å². The van der Waals surface area contributed by atoms with E-state index in [1.54, 1.807) is 12.1 Å². The minimum Gasteiger partial charge on any atom is -0.299 e. The molecule has 2 rings (SSSR count). The highest BCUT2D eigenvalue weighted by atomic mass is 35.5. The second-order valence-corrected chi connectivity index (χ2v) is 4.85. The monoisotopic (exact) mass is 252 g/mol. The normalized spacial score (nSPS) is 17.9. The van der Waals surface area contributed by atoms with Crippen molar-refractivity contribution < 1.29 is 4.39 Å². The lowest BCUT2D eigenvalue weighted by atomic mass is 9.98. The zero-order valence-electron chi connectivity index (χ0n) is 9.50. The molecule has 1 aromatic rings. The molecule has 0 unspecified atom stereocenters. The molecule has 1 aromatic carbocycles. The Morgan fingerprint density at radius 2 is 2.12 bits per heavy atom. The molecule has 2 nitrogen and oxygen atoms in total. The van der Waals surface area contributed by atoms with Crippen LogP contribution in [0.15, 0.2) is 18.2 Å². The SMILES string of the molecule is N#CC1CCN(Cc2cc(Cl)ccc2F)CC1. The minimum atomic E-state index is -0.211. The van der Waals surface area contributed by atoms with Gasteiger partial charge in [-0.1, -0.05) is 11.6 Å². The molecular weight excluding hydrogens is 239 g/mol. The van der Waals surface area contributed by atoms with E-state index in [2.05, 4.69) is 11.0 Å². The van der Waals surface area contributed by atoms with Gasteiger partial charge in [0.25, 0.3) is 0 Å². The third-order valence-electron chi connectivity index (χ3n) is 3.17. The van der Waals surface area contributed by atoms with Crippen LogP contribution in [0, 0.1) is 23.1 Å². The lowest BCUT2D eigenvalue weighted by Crippen LogP contribution is -2.33. The first kappa shape index (κ1) is 12.3. The Kier molecular flexibility index (Phi) is 3.98. The molecule has 90 valence electrons. The summed E-state index contributed by atoms with van der Waals surface area (Å²) in [6, 6.07) is 6.92. The molecule has 0 aliphatic carbocycles. The van der Waals surface area contributed by atoms with Gasteiger partial charge >= 0.3 is 0 Å². The number of hydrogen-bond donors (Lipinski definition) is 0. The van der Waals surface area contributed by atoms with E-state index < -0.39 is 0 Å². The van der Waals surface area contributed by atoms with Crippen LogP contribution in [0.4, 0.5) is 4.39 Å². The van der Waals surface area contributed by atoms with Crippen molar-refractivity contribution in [2.75, 3.05) is 13.1 Å². The first-order valence-electron chi connectivity index (χ1n) is 5.75. The largest absolute Gasteiger partial charge is 0.299 e. The maximum atomic E-state index is 13.5. The van der Waals surface area contributed by atoms with Crippen LogP contribution in [0.3, 0.4) is 0 Å². The van der Waals surface area contributed by atoms with Crippen molar-refractivity contribution in [1.82, 2.24) is 4.90 Å². The molecular formula is C13H14ClFN2. The third kappa shape index (κ3) is 3.18. The molecule has 4 heteroatoms. The van der Waals surface area contributed by atoms with Crippen molar-refractivity contribution in [3.63, 3.8) is 0 Å². The number of halogens is 2. The van der Waals surface area contributed by atoms with Gasteiger partial charge in [-0.25, -0.2) is 4.39 Å². The van der Waals surface area contributed by atoms with E-state index in [1.165, 1.54) is 6.07 Å². The Hall–Kier alpha value is -1.11. The average molecular weight is 253 g/mol. The Morgan fingerprint density at radius 1 is 1.41 bits per heavy atom. The van der Waals surface area contributed by atoms with E-state index in [0.29, 0.717) is 17.1 Å². The molecule has 0 aromatic heterocycles. The predicted octanol–water partition coefficient (Wildman–Crippen LogP) is 3.21. The van der Waals surface area contributed by atoms with Crippen LogP contribution in [0.1, 0.15) is 18.4 Å². The van der Waals surface area contributed by atoms with Crippen molar-refractivity contribution in [2.24, 2.45) is 5.92 Å². The first-order chi connectivity index (χ1) is 8.19. The molecule has 0 N–H and O–H groups in total. The Balaban J connectivity index is 1.98. The standard InChI is InChI=1S/C13H14ClFN2/c14-12-1-2-13(15)11(7-12)9-17-5-3-10(8-16)4-6-17/h1-2,7,10H,3-6,9H2. The average Bonchev–Trinajstić information content (AvgIpc) is 2.35. The maximum Gasteiger partial charge on any atom is 0.127 e. The van der Waals surface area contributed by atoms with Gasteiger partial charge in [0.05, 0.1) is 6.07 Å². The third-order valence-corrected chi connectivity index (χ3v) is 3.41. The number of benzene rings is 1. The fraction of sp³-hybridized carbons (Fsp3) is 0.462. The second kappa shape index (κ2) is 5.48.